The van der Waals surface area contributed by atoms with Crippen LogP contribution in [0.5, 0.6) is 5.88 Å². The Balaban J connectivity index is 2.27. The van der Waals surface area contributed by atoms with E-state index < -0.39 is 0 Å². The number of nitrogens with zero attached hydrogens (tertiary/aromatic N) is 2. The molecule has 0 aliphatic carbocycles. The second kappa shape index (κ2) is 9.55. The molecule has 2 rings (SSSR count). The number of allylic oxidation sites excluding steroid dienone is 1. The average Bonchev–Trinajstić information content (AvgIpc) is 2.60. The molecule has 1 atom stereocenters. The summed E-state index contributed by atoms with van der Waals surface area (Å²) in [5.41, 5.74) is 2.28. The highest BCUT2D eigenvalue weighted by molar-refractivity contribution is 5.56. The van der Waals surface area contributed by atoms with Crippen LogP contribution in [-0.4, -0.2) is 25.2 Å². The Bertz CT molecular complexity index is 542. The first-order chi connectivity index (χ1) is 11.7. The van der Waals surface area contributed by atoms with Gasteiger partial charge in [0.05, 0.1) is 25.6 Å². The van der Waals surface area contributed by atoms with E-state index in [0.29, 0.717) is 5.88 Å². The zero-order valence-electron chi connectivity index (χ0n) is 15.7. The number of ether oxygens (including phenoxy) is 2. The van der Waals surface area contributed by atoms with Crippen molar-refractivity contribution >= 4 is 5.69 Å². The van der Waals surface area contributed by atoms with Crippen LogP contribution in [0.15, 0.2) is 24.2 Å². The lowest BCUT2D eigenvalue weighted by Crippen LogP contribution is -2.28. The molecule has 0 bridgehead atoms. The highest BCUT2D eigenvalue weighted by atomic mass is 16.5. The average molecular weight is 332 g/mol. The van der Waals surface area contributed by atoms with Crippen molar-refractivity contribution in [2.75, 3.05) is 25.2 Å². The topological polar surface area (TPSA) is 34.6 Å². The van der Waals surface area contributed by atoms with Crippen LogP contribution in [0.1, 0.15) is 57.9 Å². The Kier molecular flexibility index (Phi) is 7.41. The van der Waals surface area contributed by atoms with Gasteiger partial charge in [0.2, 0.25) is 5.88 Å². The Hall–Kier alpha value is -1.71. The normalized spacial score (nSPS) is 21.4. The van der Waals surface area contributed by atoms with Gasteiger partial charge in [-0.1, -0.05) is 20.3 Å². The summed E-state index contributed by atoms with van der Waals surface area (Å²) in [5, 5.41) is 0. The van der Waals surface area contributed by atoms with Crippen molar-refractivity contribution in [2.24, 2.45) is 5.92 Å². The van der Waals surface area contributed by atoms with E-state index in [-0.39, 0.29) is 0 Å². The number of methoxy groups -OCH3 is 1. The Morgan fingerprint density at radius 2 is 2.12 bits per heavy atom. The van der Waals surface area contributed by atoms with Gasteiger partial charge in [-0.15, -0.1) is 0 Å². The molecule has 0 saturated carbocycles. The molecule has 0 amide bonds. The lowest BCUT2D eigenvalue weighted by Gasteiger charge is -2.30. The molecule has 1 aromatic rings. The zero-order chi connectivity index (χ0) is 17.4. The largest absolute Gasteiger partial charge is 0.481 e. The molecule has 0 spiro atoms. The predicted molar refractivity (Wildman–Crippen MR) is 99.4 cm³/mol. The molecule has 0 N–H and O–H groups in total. The standard InChI is InChI=1S/C20H32N2O2/c1-5-9-20-22(18-15-21-19(23-4)14-16(18)3)12-7-10-17(6-2)11-8-13-24-20/h9,14-15,17H,5-8,10-13H2,1-4H3/b20-9-. The Labute approximate surface area is 146 Å². The third-order valence-electron chi connectivity index (χ3n) is 4.78. The minimum atomic E-state index is 0.658. The van der Waals surface area contributed by atoms with Gasteiger partial charge in [-0.05, 0) is 56.6 Å². The van der Waals surface area contributed by atoms with Gasteiger partial charge in [0, 0.05) is 12.6 Å². The molecule has 2 heterocycles. The minimum Gasteiger partial charge on any atom is -0.481 e. The summed E-state index contributed by atoms with van der Waals surface area (Å²) in [7, 11) is 1.65. The molecule has 1 unspecified atom stereocenters. The SMILES string of the molecule is CC/C=C1\OCCCC(CC)CCCN1c1cnc(OC)cc1C. The van der Waals surface area contributed by atoms with Gasteiger partial charge in [-0.2, -0.15) is 0 Å². The van der Waals surface area contributed by atoms with Crippen LogP contribution in [0, 0.1) is 12.8 Å². The van der Waals surface area contributed by atoms with Crippen molar-refractivity contribution < 1.29 is 9.47 Å². The predicted octanol–water partition coefficient (Wildman–Crippen LogP) is 5.07. The Morgan fingerprint density at radius 3 is 2.79 bits per heavy atom. The van der Waals surface area contributed by atoms with E-state index in [0.717, 1.165) is 49.0 Å². The van der Waals surface area contributed by atoms with E-state index in [9.17, 15) is 0 Å². The summed E-state index contributed by atoms with van der Waals surface area (Å²) in [5.74, 6) is 2.45. The summed E-state index contributed by atoms with van der Waals surface area (Å²) in [6.45, 7) is 8.32. The highest BCUT2D eigenvalue weighted by Gasteiger charge is 2.19. The minimum absolute atomic E-state index is 0.658. The van der Waals surface area contributed by atoms with Crippen molar-refractivity contribution in [3.63, 3.8) is 0 Å². The molecule has 1 aliphatic heterocycles. The van der Waals surface area contributed by atoms with E-state index in [2.05, 4.69) is 36.7 Å². The number of aromatic nitrogens is 1. The van der Waals surface area contributed by atoms with Gasteiger partial charge in [0.15, 0.2) is 5.88 Å². The number of rotatable bonds is 4. The molecule has 134 valence electrons. The van der Waals surface area contributed by atoms with Crippen molar-refractivity contribution in [3.05, 3.63) is 29.8 Å². The lowest BCUT2D eigenvalue weighted by atomic mass is 9.95. The van der Waals surface area contributed by atoms with Gasteiger partial charge in [-0.25, -0.2) is 4.98 Å². The van der Waals surface area contributed by atoms with Gasteiger partial charge in [-0.3, -0.25) is 0 Å². The van der Waals surface area contributed by atoms with Crippen LogP contribution in [0.2, 0.25) is 0 Å². The molecule has 0 aromatic carbocycles. The third-order valence-corrected chi connectivity index (χ3v) is 4.78. The molecule has 1 aromatic heterocycles. The summed E-state index contributed by atoms with van der Waals surface area (Å²) in [6, 6.07) is 1.99. The van der Waals surface area contributed by atoms with Crippen LogP contribution < -0.4 is 9.64 Å². The van der Waals surface area contributed by atoms with Crippen LogP contribution in [0.3, 0.4) is 0 Å². The van der Waals surface area contributed by atoms with Gasteiger partial charge >= 0.3 is 0 Å². The van der Waals surface area contributed by atoms with Gasteiger partial charge in [0.25, 0.3) is 0 Å². The van der Waals surface area contributed by atoms with Crippen LogP contribution in [-0.2, 0) is 4.74 Å². The number of pyridine rings is 1. The fourth-order valence-electron chi connectivity index (χ4n) is 3.33. The van der Waals surface area contributed by atoms with Crippen molar-refractivity contribution in [3.8, 4) is 5.88 Å². The molecule has 1 saturated heterocycles. The summed E-state index contributed by atoms with van der Waals surface area (Å²) in [4.78, 5) is 6.70. The van der Waals surface area contributed by atoms with Crippen LogP contribution >= 0.6 is 0 Å². The highest BCUT2D eigenvalue weighted by Crippen LogP contribution is 2.29. The molecule has 1 fully saturated rings. The molecule has 4 heteroatoms. The fourth-order valence-corrected chi connectivity index (χ4v) is 3.33. The van der Waals surface area contributed by atoms with Crippen LogP contribution in [0.4, 0.5) is 5.69 Å². The van der Waals surface area contributed by atoms with Crippen molar-refractivity contribution in [2.45, 2.75) is 59.3 Å². The second-order valence-electron chi connectivity index (χ2n) is 6.52. The van der Waals surface area contributed by atoms with Gasteiger partial charge in [0.1, 0.15) is 0 Å². The van der Waals surface area contributed by atoms with Crippen molar-refractivity contribution in [1.82, 2.24) is 4.98 Å². The maximum absolute atomic E-state index is 6.16. The summed E-state index contributed by atoms with van der Waals surface area (Å²) >= 11 is 0. The monoisotopic (exact) mass is 332 g/mol. The summed E-state index contributed by atoms with van der Waals surface area (Å²) < 4.78 is 11.4. The number of aryl methyl sites for hydroxylation is 1. The third kappa shape index (κ3) is 4.89. The number of anilines is 1. The number of hydrogen-bond donors (Lipinski definition) is 0. The fraction of sp³-hybridized carbons (Fsp3) is 0.650. The first-order valence-electron chi connectivity index (χ1n) is 9.30. The first-order valence-corrected chi connectivity index (χ1v) is 9.30. The second-order valence-corrected chi connectivity index (χ2v) is 6.52. The molecule has 24 heavy (non-hydrogen) atoms. The lowest BCUT2D eigenvalue weighted by molar-refractivity contribution is 0.183. The van der Waals surface area contributed by atoms with E-state index in [1.54, 1.807) is 7.11 Å². The maximum atomic E-state index is 6.16. The number of hydrogen-bond acceptors (Lipinski definition) is 4. The molecular weight excluding hydrogens is 300 g/mol. The smallest absolute Gasteiger partial charge is 0.213 e. The molecular formula is C20H32N2O2. The van der Waals surface area contributed by atoms with Crippen molar-refractivity contribution in [1.29, 1.82) is 0 Å². The molecule has 4 nitrogen and oxygen atoms in total. The Morgan fingerprint density at radius 1 is 1.33 bits per heavy atom. The zero-order valence-corrected chi connectivity index (χ0v) is 15.7. The van der Waals surface area contributed by atoms with E-state index in [1.807, 2.05) is 12.3 Å². The van der Waals surface area contributed by atoms with E-state index in [1.165, 1.54) is 25.7 Å². The first kappa shape index (κ1) is 18.6. The van der Waals surface area contributed by atoms with Crippen LogP contribution in [0.25, 0.3) is 0 Å². The molecule has 1 aliphatic rings. The molecule has 0 radical (unpaired) electrons. The van der Waals surface area contributed by atoms with Gasteiger partial charge < -0.3 is 14.4 Å². The maximum Gasteiger partial charge on any atom is 0.213 e. The van der Waals surface area contributed by atoms with E-state index in [4.69, 9.17) is 9.47 Å². The quantitative estimate of drug-likeness (QED) is 0.770. The van der Waals surface area contributed by atoms with E-state index >= 15 is 0 Å². The summed E-state index contributed by atoms with van der Waals surface area (Å²) in [6.07, 6.45) is 11.2.